The maximum atomic E-state index is 12.6. The third-order valence-electron chi connectivity index (χ3n) is 4.41. The summed E-state index contributed by atoms with van der Waals surface area (Å²) in [5.74, 6) is 0. The summed E-state index contributed by atoms with van der Waals surface area (Å²) in [5, 5.41) is 1.85. The van der Waals surface area contributed by atoms with Gasteiger partial charge >= 0.3 is 0 Å². The first-order valence-electron chi connectivity index (χ1n) is 7.40. The van der Waals surface area contributed by atoms with Crippen LogP contribution < -0.4 is 10.6 Å². The Morgan fingerprint density at radius 2 is 1.76 bits per heavy atom. The van der Waals surface area contributed by atoms with E-state index in [2.05, 4.69) is 4.83 Å². The van der Waals surface area contributed by atoms with Gasteiger partial charge in [-0.25, -0.2) is 13.4 Å². The van der Waals surface area contributed by atoms with E-state index in [0.29, 0.717) is 5.69 Å². The number of sulfonamides is 1. The lowest BCUT2D eigenvalue weighted by atomic mass is 10.0. The number of benzene rings is 1. The summed E-state index contributed by atoms with van der Waals surface area (Å²) in [7, 11) is -3.59. The number of hydrogen-bond acceptors (Lipinski definition) is 4. The van der Waals surface area contributed by atoms with Crippen LogP contribution in [0.1, 0.15) is 44.2 Å². The summed E-state index contributed by atoms with van der Waals surface area (Å²) in [4.78, 5) is 2.96. The van der Waals surface area contributed by atoms with E-state index in [-0.39, 0.29) is 17.0 Å². The number of aryl methyl sites for hydroxylation is 1. The third-order valence-corrected chi connectivity index (χ3v) is 5.72. The van der Waals surface area contributed by atoms with E-state index in [1.54, 1.807) is 6.07 Å². The highest BCUT2D eigenvalue weighted by molar-refractivity contribution is 7.89. The molecule has 2 atom stereocenters. The van der Waals surface area contributed by atoms with Crippen LogP contribution in [0.2, 0.25) is 0 Å². The molecule has 21 heavy (non-hydrogen) atoms. The van der Waals surface area contributed by atoms with Crippen LogP contribution in [0.25, 0.3) is 0 Å². The molecule has 1 aliphatic rings. The Bertz CT molecular complexity index is 595. The highest BCUT2D eigenvalue weighted by Crippen LogP contribution is 2.24. The molecule has 1 aliphatic heterocycles. The van der Waals surface area contributed by atoms with Crippen LogP contribution in [0.5, 0.6) is 0 Å². The van der Waals surface area contributed by atoms with Gasteiger partial charge in [-0.1, -0.05) is 6.42 Å². The average Bonchev–Trinajstić information content (AvgIpc) is 2.40. The molecular weight excluding hydrogens is 286 g/mol. The van der Waals surface area contributed by atoms with Gasteiger partial charge in [-0.15, -0.1) is 4.83 Å². The monoisotopic (exact) mass is 311 g/mol. The summed E-state index contributed by atoms with van der Waals surface area (Å²) < 4.78 is 25.2. The SMILES string of the molecule is Cc1cc(S(=O)(=O)NN2C(C)CCCC2C)cc(N)c1C. The normalized spacial score (nSPS) is 24.2. The fraction of sp³-hybridized carbons (Fsp3) is 0.600. The summed E-state index contributed by atoms with van der Waals surface area (Å²) in [6.45, 7) is 7.86. The lowest BCUT2D eigenvalue weighted by molar-refractivity contribution is 0.0790. The van der Waals surface area contributed by atoms with Crippen molar-refractivity contribution in [2.75, 3.05) is 5.73 Å². The van der Waals surface area contributed by atoms with Crippen LogP contribution in [0, 0.1) is 13.8 Å². The smallest absolute Gasteiger partial charge is 0.253 e. The van der Waals surface area contributed by atoms with Gasteiger partial charge in [0.15, 0.2) is 0 Å². The second-order valence-corrected chi connectivity index (χ2v) is 7.75. The van der Waals surface area contributed by atoms with Crippen LogP contribution in [-0.4, -0.2) is 25.5 Å². The minimum absolute atomic E-state index is 0.201. The Labute approximate surface area is 127 Å². The molecule has 1 aromatic carbocycles. The summed E-state index contributed by atoms with van der Waals surface area (Å²) in [6.07, 6.45) is 3.14. The summed E-state index contributed by atoms with van der Waals surface area (Å²) in [5.41, 5.74) is 8.22. The predicted molar refractivity (Wildman–Crippen MR) is 85.3 cm³/mol. The van der Waals surface area contributed by atoms with Crippen molar-refractivity contribution in [2.24, 2.45) is 0 Å². The number of nitrogens with zero attached hydrogens (tertiary/aromatic N) is 1. The molecule has 2 rings (SSSR count). The number of hydrazine groups is 1. The largest absolute Gasteiger partial charge is 0.398 e. The summed E-state index contributed by atoms with van der Waals surface area (Å²) >= 11 is 0. The van der Waals surface area contributed by atoms with E-state index in [4.69, 9.17) is 5.73 Å². The van der Waals surface area contributed by atoms with Crippen molar-refractivity contribution in [3.8, 4) is 0 Å². The Hall–Kier alpha value is -1.11. The zero-order chi connectivity index (χ0) is 15.8. The molecule has 0 spiro atoms. The number of anilines is 1. The van der Waals surface area contributed by atoms with Crippen molar-refractivity contribution in [1.82, 2.24) is 9.84 Å². The molecule has 1 saturated heterocycles. The Kier molecular flexibility index (Phi) is 4.60. The van der Waals surface area contributed by atoms with Crippen molar-refractivity contribution in [1.29, 1.82) is 0 Å². The quantitative estimate of drug-likeness (QED) is 0.840. The number of nitrogen functional groups attached to an aromatic ring is 1. The van der Waals surface area contributed by atoms with Gasteiger partial charge in [0.05, 0.1) is 4.90 Å². The van der Waals surface area contributed by atoms with Gasteiger partial charge in [0.1, 0.15) is 0 Å². The molecule has 6 heteroatoms. The van der Waals surface area contributed by atoms with Gasteiger partial charge in [0.25, 0.3) is 10.0 Å². The average molecular weight is 311 g/mol. The fourth-order valence-corrected chi connectivity index (χ4v) is 4.16. The first-order chi connectivity index (χ1) is 9.72. The van der Waals surface area contributed by atoms with E-state index in [9.17, 15) is 8.42 Å². The molecule has 0 amide bonds. The van der Waals surface area contributed by atoms with Crippen molar-refractivity contribution < 1.29 is 8.42 Å². The Morgan fingerprint density at radius 1 is 1.19 bits per heavy atom. The van der Waals surface area contributed by atoms with E-state index in [0.717, 1.165) is 30.4 Å². The Balaban J connectivity index is 2.30. The maximum Gasteiger partial charge on any atom is 0.253 e. The highest BCUT2D eigenvalue weighted by Gasteiger charge is 2.29. The zero-order valence-electron chi connectivity index (χ0n) is 13.2. The second-order valence-electron chi connectivity index (χ2n) is 6.09. The first kappa shape index (κ1) is 16.3. The van der Waals surface area contributed by atoms with Crippen molar-refractivity contribution in [3.63, 3.8) is 0 Å². The number of rotatable bonds is 3. The van der Waals surface area contributed by atoms with E-state index >= 15 is 0 Å². The Morgan fingerprint density at radius 3 is 2.29 bits per heavy atom. The van der Waals surface area contributed by atoms with Crippen LogP contribution in [0.4, 0.5) is 5.69 Å². The van der Waals surface area contributed by atoms with E-state index < -0.39 is 10.0 Å². The van der Waals surface area contributed by atoms with Gasteiger partial charge in [-0.05, 0) is 63.8 Å². The lowest BCUT2D eigenvalue weighted by Crippen LogP contribution is -2.53. The molecule has 0 saturated carbocycles. The van der Waals surface area contributed by atoms with Crippen molar-refractivity contribution >= 4 is 15.7 Å². The van der Waals surface area contributed by atoms with Crippen molar-refractivity contribution in [2.45, 2.75) is 63.9 Å². The minimum Gasteiger partial charge on any atom is -0.398 e. The molecule has 0 aliphatic carbocycles. The van der Waals surface area contributed by atoms with Crippen LogP contribution in [0.15, 0.2) is 17.0 Å². The molecule has 1 heterocycles. The van der Waals surface area contributed by atoms with Gasteiger partial charge in [0, 0.05) is 17.8 Å². The predicted octanol–water partition coefficient (Wildman–Crippen LogP) is 2.34. The number of hydrogen-bond donors (Lipinski definition) is 2. The molecular formula is C15H25N3O2S. The molecule has 118 valence electrons. The van der Waals surface area contributed by atoms with E-state index in [1.165, 1.54) is 6.07 Å². The van der Waals surface area contributed by atoms with Crippen LogP contribution >= 0.6 is 0 Å². The molecule has 0 radical (unpaired) electrons. The molecule has 2 unspecified atom stereocenters. The van der Waals surface area contributed by atoms with Gasteiger partial charge < -0.3 is 5.73 Å². The van der Waals surface area contributed by atoms with Gasteiger partial charge in [-0.3, -0.25) is 0 Å². The molecule has 0 aromatic heterocycles. The molecule has 1 fully saturated rings. The lowest BCUT2D eigenvalue weighted by Gasteiger charge is -2.38. The number of piperidine rings is 1. The second kappa shape index (κ2) is 5.94. The molecule has 0 bridgehead atoms. The fourth-order valence-electron chi connectivity index (χ4n) is 2.80. The summed E-state index contributed by atoms with van der Waals surface area (Å²) in [6, 6.07) is 3.61. The topological polar surface area (TPSA) is 75.4 Å². The van der Waals surface area contributed by atoms with Crippen LogP contribution in [0.3, 0.4) is 0 Å². The minimum atomic E-state index is -3.59. The van der Waals surface area contributed by atoms with Gasteiger partial charge in [0.2, 0.25) is 0 Å². The number of nitrogens with one attached hydrogen (secondary N) is 1. The third kappa shape index (κ3) is 3.39. The van der Waals surface area contributed by atoms with Crippen molar-refractivity contribution in [3.05, 3.63) is 23.3 Å². The van der Waals surface area contributed by atoms with Gasteiger partial charge in [-0.2, -0.15) is 0 Å². The first-order valence-corrected chi connectivity index (χ1v) is 8.88. The van der Waals surface area contributed by atoms with E-state index in [1.807, 2.05) is 32.7 Å². The number of nitrogens with two attached hydrogens (primary N) is 1. The van der Waals surface area contributed by atoms with Crippen LogP contribution in [-0.2, 0) is 10.0 Å². The zero-order valence-corrected chi connectivity index (χ0v) is 14.0. The molecule has 3 N–H and O–H groups in total. The standard InChI is InChI=1S/C15H25N3O2S/c1-10-8-14(9-15(16)13(10)4)21(19,20)17-18-11(2)6-5-7-12(18)3/h8-9,11-12,17H,5-7,16H2,1-4H3. The maximum absolute atomic E-state index is 12.6. The molecule has 5 nitrogen and oxygen atoms in total. The highest BCUT2D eigenvalue weighted by atomic mass is 32.2. The molecule has 1 aromatic rings.